The highest BCUT2D eigenvalue weighted by atomic mass is 32.2. The highest BCUT2D eigenvalue weighted by Crippen LogP contribution is 2.12. The first-order chi connectivity index (χ1) is 9.00. The molecule has 0 aliphatic rings. The van der Waals surface area contributed by atoms with Gasteiger partial charge in [-0.2, -0.15) is 0 Å². The molecule has 0 atom stereocenters. The van der Waals surface area contributed by atoms with Gasteiger partial charge >= 0.3 is 5.69 Å². The lowest BCUT2D eigenvalue weighted by Crippen LogP contribution is -2.26. The molecule has 0 bridgehead atoms. The van der Waals surface area contributed by atoms with Gasteiger partial charge in [0.15, 0.2) is 9.84 Å². The Morgan fingerprint density at radius 3 is 2.16 bits per heavy atom. The fourth-order valence-electron chi connectivity index (χ4n) is 2.17. The number of sulfone groups is 1. The largest absolute Gasteiger partial charge is 0.329 e. The van der Waals surface area contributed by atoms with Gasteiger partial charge in [-0.25, -0.2) is 13.2 Å². The molecule has 1 heterocycles. The Balaban J connectivity index is 2.49. The number of imidazole rings is 1. The minimum absolute atomic E-state index is 0.00112. The second kappa shape index (κ2) is 5.21. The van der Waals surface area contributed by atoms with Gasteiger partial charge in [-0.1, -0.05) is 19.1 Å². The Hall–Kier alpha value is -1.56. The van der Waals surface area contributed by atoms with Crippen molar-refractivity contribution in [3.05, 3.63) is 34.7 Å². The molecule has 0 aliphatic carbocycles. The van der Waals surface area contributed by atoms with Crippen LogP contribution in [0, 0.1) is 0 Å². The minimum atomic E-state index is -3.07. The van der Waals surface area contributed by atoms with Crippen LogP contribution in [-0.4, -0.2) is 29.1 Å². The van der Waals surface area contributed by atoms with Crippen LogP contribution in [-0.2, 0) is 22.9 Å². The first kappa shape index (κ1) is 13.9. The molecule has 1 aromatic heterocycles. The molecule has 0 fully saturated rings. The topological polar surface area (TPSA) is 61.1 Å². The summed E-state index contributed by atoms with van der Waals surface area (Å²) in [7, 11) is -3.07. The molecule has 2 rings (SSSR count). The van der Waals surface area contributed by atoms with Gasteiger partial charge in [0, 0.05) is 18.8 Å². The van der Waals surface area contributed by atoms with Crippen molar-refractivity contribution in [1.29, 1.82) is 0 Å². The molecule has 0 unspecified atom stereocenters. The predicted octanol–water partition coefficient (Wildman–Crippen LogP) is 1.26. The van der Waals surface area contributed by atoms with E-state index in [1.165, 1.54) is 0 Å². The lowest BCUT2D eigenvalue weighted by Gasteiger charge is -2.03. The summed E-state index contributed by atoms with van der Waals surface area (Å²) in [4.78, 5) is 12.3. The Labute approximate surface area is 112 Å². The van der Waals surface area contributed by atoms with Crippen LogP contribution in [0.1, 0.15) is 13.8 Å². The zero-order chi connectivity index (χ0) is 14.0. The molecule has 5 nitrogen and oxygen atoms in total. The quantitative estimate of drug-likeness (QED) is 0.829. The number of aryl methyl sites for hydroxylation is 2. The zero-order valence-corrected chi connectivity index (χ0v) is 12.0. The maximum absolute atomic E-state index is 12.3. The van der Waals surface area contributed by atoms with Gasteiger partial charge < -0.3 is 0 Å². The van der Waals surface area contributed by atoms with E-state index in [1.54, 1.807) is 16.1 Å². The van der Waals surface area contributed by atoms with E-state index in [-0.39, 0.29) is 23.7 Å². The number of hydrogen-bond donors (Lipinski definition) is 0. The highest BCUT2D eigenvalue weighted by Gasteiger charge is 2.14. The molecule has 0 amide bonds. The smallest absolute Gasteiger partial charge is 0.292 e. The summed E-state index contributed by atoms with van der Waals surface area (Å²) in [6.45, 7) is 4.31. The normalized spacial score (nSPS) is 12.1. The van der Waals surface area contributed by atoms with E-state index in [9.17, 15) is 13.2 Å². The van der Waals surface area contributed by atoms with Crippen LogP contribution in [0.25, 0.3) is 11.0 Å². The molecular formula is C13H18N2O3S. The van der Waals surface area contributed by atoms with Crippen LogP contribution in [0.3, 0.4) is 0 Å². The lowest BCUT2D eigenvalue weighted by molar-refractivity contribution is 0.587. The summed E-state index contributed by atoms with van der Waals surface area (Å²) in [5.74, 6) is 0.106. The molecule has 6 heteroatoms. The first-order valence-corrected chi connectivity index (χ1v) is 8.20. The SMILES string of the molecule is CCn1c(=O)n(CCS(=O)(=O)CC)c2ccccc21. The molecule has 104 valence electrons. The number of aromatic nitrogens is 2. The summed E-state index contributed by atoms with van der Waals surface area (Å²) < 4.78 is 26.4. The van der Waals surface area contributed by atoms with Crippen LogP contribution >= 0.6 is 0 Å². The van der Waals surface area contributed by atoms with Gasteiger partial charge in [-0.15, -0.1) is 0 Å². The van der Waals surface area contributed by atoms with Crippen LogP contribution in [0.15, 0.2) is 29.1 Å². The predicted molar refractivity (Wildman–Crippen MR) is 76.2 cm³/mol. The molecule has 0 saturated heterocycles. The Morgan fingerprint density at radius 1 is 1.05 bits per heavy atom. The summed E-state index contributed by atoms with van der Waals surface area (Å²) in [5.41, 5.74) is 1.50. The molecule has 19 heavy (non-hydrogen) atoms. The van der Waals surface area contributed by atoms with Crippen LogP contribution < -0.4 is 5.69 Å². The number of hydrogen-bond acceptors (Lipinski definition) is 3. The fraction of sp³-hybridized carbons (Fsp3) is 0.462. The second-order valence-corrected chi connectivity index (χ2v) is 6.88. The number of fused-ring (bicyclic) bond motifs is 1. The van der Waals surface area contributed by atoms with Gasteiger partial charge in [-0.3, -0.25) is 9.13 Å². The van der Waals surface area contributed by atoms with Crippen molar-refractivity contribution in [2.45, 2.75) is 26.9 Å². The Kier molecular flexibility index (Phi) is 3.80. The van der Waals surface area contributed by atoms with Crippen molar-refractivity contribution in [3.63, 3.8) is 0 Å². The summed E-state index contributed by atoms with van der Waals surface area (Å²) in [6.07, 6.45) is 0. The van der Waals surface area contributed by atoms with Crippen molar-refractivity contribution in [1.82, 2.24) is 9.13 Å². The Morgan fingerprint density at radius 2 is 1.63 bits per heavy atom. The van der Waals surface area contributed by atoms with Gasteiger partial charge in [0.25, 0.3) is 0 Å². The van der Waals surface area contributed by atoms with E-state index in [4.69, 9.17) is 0 Å². The van der Waals surface area contributed by atoms with E-state index < -0.39 is 9.84 Å². The molecule has 0 spiro atoms. The summed E-state index contributed by atoms with van der Waals surface area (Å²) >= 11 is 0. The number of para-hydroxylation sites is 2. The molecular weight excluding hydrogens is 264 g/mol. The van der Waals surface area contributed by atoms with E-state index in [0.717, 1.165) is 11.0 Å². The second-order valence-electron chi connectivity index (χ2n) is 4.40. The zero-order valence-electron chi connectivity index (χ0n) is 11.2. The monoisotopic (exact) mass is 282 g/mol. The van der Waals surface area contributed by atoms with E-state index in [2.05, 4.69) is 0 Å². The van der Waals surface area contributed by atoms with Crippen LogP contribution in [0.5, 0.6) is 0 Å². The summed E-state index contributed by atoms with van der Waals surface area (Å²) in [5, 5.41) is 0. The minimum Gasteiger partial charge on any atom is -0.292 e. The highest BCUT2D eigenvalue weighted by molar-refractivity contribution is 7.91. The average molecular weight is 282 g/mol. The molecule has 0 aliphatic heterocycles. The first-order valence-electron chi connectivity index (χ1n) is 6.38. The van der Waals surface area contributed by atoms with Gasteiger partial charge in [0.1, 0.15) is 0 Å². The lowest BCUT2D eigenvalue weighted by atomic mass is 10.3. The van der Waals surface area contributed by atoms with Gasteiger partial charge in [0.05, 0.1) is 16.8 Å². The van der Waals surface area contributed by atoms with Crippen LogP contribution in [0.2, 0.25) is 0 Å². The van der Waals surface area contributed by atoms with Crippen molar-refractivity contribution >= 4 is 20.9 Å². The third kappa shape index (κ3) is 2.58. The molecule has 2 aromatic rings. The summed E-state index contributed by atoms with van der Waals surface area (Å²) in [6, 6.07) is 7.46. The Bertz CT molecular complexity index is 741. The van der Waals surface area contributed by atoms with Gasteiger partial charge in [-0.05, 0) is 19.1 Å². The molecule has 0 N–H and O–H groups in total. The number of rotatable bonds is 5. The molecule has 0 radical (unpaired) electrons. The molecule has 1 aromatic carbocycles. The maximum atomic E-state index is 12.3. The van der Waals surface area contributed by atoms with Crippen molar-refractivity contribution in [3.8, 4) is 0 Å². The van der Waals surface area contributed by atoms with E-state index >= 15 is 0 Å². The fourth-order valence-corrected chi connectivity index (χ4v) is 2.92. The third-order valence-electron chi connectivity index (χ3n) is 3.31. The van der Waals surface area contributed by atoms with Crippen molar-refractivity contribution < 1.29 is 8.42 Å². The van der Waals surface area contributed by atoms with Crippen LogP contribution in [0.4, 0.5) is 0 Å². The molecule has 0 saturated carbocycles. The van der Waals surface area contributed by atoms with E-state index in [0.29, 0.717) is 6.54 Å². The van der Waals surface area contributed by atoms with Gasteiger partial charge in [0.2, 0.25) is 0 Å². The number of benzene rings is 1. The van der Waals surface area contributed by atoms with Crippen molar-refractivity contribution in [2.24, 2.45) is 0 Å². The maximum Gasteiger partial charge on any atom is 0.329 e. The average Bonchev–Trinajstić information content (AvgIpc) is 2.68. The third-order valence-corrected chi connectivity index (χ3v) is 4.99. The number of nitrogens with zero attached hydrogens (tertiary/aromatic N) is 2. The standard InChI is InChI=1S/C13H18N2O3S/c1-3-14-11-7-5-6-8-12(11)15(13(14)16)9-10-19(17,18)4-2/h5-8H,3-4,9-10H2,1-2H3. The van der Waals surface area contributed by atoms with E-state index in [1.807, 2.05) is 31.2 Å². The van der Waals surface area contributed by atoms with Crippen molar-refractivity contribution in [2.75, 3.05) is 11.5 Å².